The largest absolute Gasteiger partial charge is 0.343 e. The van der Waals surface area contributed by atoms with Crippen molar-refractivity contribution in [2.75, 3.05) is 0 Å². The molecule has 0 bridgehead atoms. The summed E-state index contributed by atoms with van der Waals surface area (Å²) in [7, 11) is 0. The second-order valence-electron chi connectivity index (χ2n) is 6.72. The molecule has 0 atom stereocenters. The van der Waals surface area contributed by atoms with Gasteiger partial charge >= 0.3 is 0 Å². The van der Waals surface area contributed by atoms with Gasteiger partial charge in [0.1, 0.15) is 5.82 Å². The van der Waals surface area contributed by atoms with Crippen LogP contribution in [0.4, 0.5) is 0 Å². The molecule has 4 heteroatoms. The fourth-order valence-corrected chi connectivity index (χ4v) is 1.96. The number of imidazole rings is 1. The molecule has 1 amide bonds. The van der Waals surface area contributed by atoms with Crippen molar-refractivity contribution in [3.05, 3.63) is 17.2 Å². The number of carbonyl (C=O) groups is 1. The van der Waals surface area contributed by atoms with Gasteiger partial charge in [0.2, 0.25) is 0 Å². The summed E-state index contributed by atoms with van der Waals surface area (Å²) in [5, 5.41) is 0. The first-order valence-electron chi connectivity index (χ1n) is 6.02. The van der Waals surface area contributed by atoms with Gasteiger partial charge in [-0.2, -0.15) is 0 Å². The van der Waals surface area contributed by atoms with Crippen LogP contribution < -0.4 is 0 Å². The highest BCUT2D eigenvalue weighted by molar-refractivity contribution is 5.96. The van der Waals surface area contributed by atoms with Crippen molar-refractivity contribution in [3.63, 3.8) is 0 Å². The van der Waals surface area contributed by atoms with Crippen molar-refractivity contribution in [1.29, 1.82) is 0 Å². The molecular formula is C13H21N3O. The van der Waals surface area contributed by atoms with Crippen molar-refractivity contribution >= 4 is 5.91 Å². The number of carbonyl (C=O) groups excluding carboxylic acids is 1. The van der Waals surface area contributed by atoms with Crippen LogP contribution in [0.5, 0.6) is 0 Å². The van der Waals surface area contributed by atoms with E-state index in [4.69, 9.17) is 0 Å². The molecule has 0 aliphatic carbocycles. The second kappa shape index (κ2) is 3.34. The quantitative estimate of drug-likeness (QED) is 0.751. The lowest BCUT2D eigenvalue weighted by Crippen LogP contribution is -2.41. The van der Waals surface area contributed by atoms with E-state index in [0.29, 0.717) is 12.2 Å². The zero-order chi connectivity index (χ0) is 13.0. The Hall–Kier alpha value is -1.32. The first-order chi connectivity index (χ1) is 7.60. The molecule has 0 saturated carbocycles. The smallest absolute Gasteiger partial charge is 0.275 e. The van der Waals surface area contributed by atoms with E-state index in [1.165, 1.54) is 0 Å². The van der Waals surface area contributed by atoms with Crippen LogP contribution in [-0.4, -0.2) is 26.3 Å². The number of hydrogen-bond donors (Lipinski definition) is 1. The maximum Gasteiger partial charge on any atom is 0.275 e. The first-order valence-corrected chi connectivity index (χ1v) is 6.02. The molecular weight excluding hydrogens is 214 g/mol. The van der Waals surface area contributed by atoms with Gasteiger partial charge in [-0.1, -0.05) is 20.8 Å². The number of fused-ring (bicyclic) bond motifs is 1. The highest BCUT2D eigenvalue weighted by Gasteiger charge is 2.38. The Morgan fingerprint density at radius 2 is 1.76 bits per heavy atom. The molecule has 0 spiro atoms. The minimum absolute atomic E-state index is 0.0410. The van der Waals surface area contributed by atoms with Crippen molar-refractivity contribution in [3.8, 4) is 0 Å². The molecule has 94 valence electrons. The number of nitrogens with zero attached hydrogens (tertiary/aromatic N) is 2. The molecule has 1 N–H and O–H groups in total. The average Bonchev–Trinajstić information content (AvgIpc) is 2.63. The third-order valence-electron chi connectivity index (χ3n) is 3.06. The van der Waals surface area contributed by atoms with Gasteiger partial charge in [-0.3, -0.25) is 4.79 Å². The Morgan fingerprint density at radius 3 is 2.18 bits per heavy atom. The highest BCUT2D eigenvalue weighted by atomic mass is 16.2. The Kier molecular flexibility index (Phi) is 2.39. The van der Waals surface area contributed by atoms with Crippen LogP contribution in [0.2, 0.25) is 0 Å². The van der Waals surface area contributed by atoms with Gasteiger partial charge in [0.05, 0.1) is 12.2 Å². The fourth-order valence-electron chi connectivity index (χ4n) is 1.96. The van der Waals surface area contributed by atoms with Crippen LogP contribution in [0.15, 0.2) is 0 Å². The van der Waals surface area contributed by atoms with Crippen LogP contribution in [0, 0.1) is 0 Å². The summed E-state index contributed by atoms with van der Waals surface area (Å²) in [4.78, 5) is 21.8. The molecule has 0 saturated heterocycles. The topological polar surface area (TPSA) is 49.0 Å². The molecule has 1 aromatic heterocycles. The molecule has 1 aliphatic heterocycles. The van der Waals surface area contributed by atoms with Gasteiger partial charge in [-0.05, 0) is 20.8 Å². The van der Waals surface area contributed by atoms with Gasteiger partial charge in [0.25, 0.3) is 5.91 Å². The van der Waals surface area contributed by atoms with Gasteiger partial charge in [0, 0.05) is 11.0 Å². The zero-order valence-electron chi connectivity index (χ0n) is 11.5. The first kappa shape index (κ1) is 12.1. The fraction of sp³-hybridized carbons (Fsp3) is 0.692. The van der Waals surface area contributed by atoms with E-state index in [-0.39, 0.29) is 16.9 Å². The molecule has 0 fully saturated rings. The second-order valence-corrected chi connectivity index (χ2v) is 6.72. The average molecular weight is 235 g/mol. The molecule has 1 aromatic rings. The summed E-state index contributed by atoms with van der Waals surface area (Å²) in [6.45, 7) is 13.0. The van der Waals surface area contributed by atoms with Crippen molar-refractivity contribution in [2.45, 2.75) is 59.0 Å². The number of aromatic amines is 1. The van der Waals surface area contributed by atoms with E-state index >= 15 is 0 Å². The van der Waals surface area contributed by atoms with E-state index < -0.39 is 0 Å². The highest BCUT2D eigenvalue weighted by Crippen LogP contribution is 2.30. The van der Waals surface area contributed by atoms with Crippen molar-refractivity contribution in [2.24, 2.45) is 0 Å². The molecule has 17 heavy (non-hydrogen) atoms. The summed E-state index contributed by atoms with van der Waals surface area (Å²) in [5.41, 5.74) is 1.36. The molecule has 0 aromatic carbocycles. The number of aromatic nitrogens is 2. The summed E-state index contributed by atoms with van der Waals surface area (Å²) < 4.78 is 0. The van der Waals surface area contributed by atoms with E-state index in [0.717, 1.165) is 11.5 Å². The molecule has 0 unspecified atom stereocenters. The van der Waals surface area contributed by atoms with E-state index in [1.807, 2.05) is 25.7 Å². The number of hydrogen-bond acceptors (Lipinski definition) is 2. The predicted octanol–water partition coefficient (Wildman–Crippen LogP) is 2.46. The minimum atomic E-state index is -0.152. The molecule has 0 radical (unpaired) electrons. The summed E-state index contributed by atoms with van der Waals surface area (Å²) in [6, 6.07) is 0. The summed E-state index contributed by atoms with van der Waals surface area (Å²) in [6.07, 6.45) is 0. The molecule has 2 heterocycles. The lowest BCUT2D eigenvalue weighted by molar-refractivity contribution is 0.0602. The third kappa shape index (κ3) is 1.96. The summed E-state index contributed by atoms with van der Waals surface area (Å²) >= 11 is 0. The molecule has 2 rings (SSSR count). The summed E-state index contributed by atoms with van der Waals surface area (Å²) in [5.74, 6) is 0.934. The predicted molar refractivity (Wildman–Crippen MR) is 66.9 cm³/mol. The molecule has 1 aliphatic rings. The monoisotopic (exact) mass is 235 g/mol. The number of nitrogens with one attached hydrogen (secondary N) is 1. The Morgan fingerprint density at radius 1 is 1.18 bits per heavy atom. The van der Waals surface area contributed by atoms with Gasteiger partial charge < -0.3 is 9.88 Å². The SMILES string of the molecule is CC(C)(C)c1nc2c([nH]1)CN(C(C)(C)C)C2=O. The standard InChI is InChI=1S/C13H21N3O/c1-12(2,3)11-14-8-7-16(13(4,5)6)10(17)9(8)15-11/h7H2,1-6H3,(H,14,15). The van der Waals surface area contributed by atoms with Crippen molar-refractivity contribution < 1.29 is 4.79 Å². The number of rotatable bonds is 0. The van der Waals surface area contributed by atoms with E-state index in [2.05, 4.69) is 30.7 Å². The Bertz CT molecular complexity index is 460. The van der Waals surface area contributed by atoms with Gasteiger partial charge in [0.15, 0.2) is 5.69 Å². The normalized spacial score (nSPS) is 16.6. The van der Waals surface area contributed by atoms with Crippen LogP contribution in [0.3, 0.4) is 0 Å². The van der Waals surface area contributed by atoms with Crippen LogP contribution in [0.1, 0.15) is 63.5 Å². The lowest BCUT2D eigenvalue weighted by atomic mass is 9.96. The maximum absolute atomic E-state index is 12.2. The van der Waals surface area contributed by atoms with Crippen LogP contribution in [-0.2, 0) is 12.0 Å². The van der Waals surface area contributed by atoms with Gasteiger partial charge in [-0.15, -0.1) is 0 Å². The molecule has 4 nitrogen and oxygen atoms in total. The Labute approximate surface area is 102 Å². The van der Waals surface area contributed by atoms with E-state index in [1.54, 1.807) is 0 Å². The van der Waals surface area contributed by atoms with Crippen LogP contribution in [0.25, 0.3) is 0 Å². The third-order valence-corrected chi connectivity index (χ3v) is 3.06. The number of amides is 1. The minimum Gasteiger partial charge on any atom is -0.343 e. The zero-order valence-corrected chi connectivity index (χ0v) is 11.5. The van der Waals surface area contributed by atoms with Crippen molar-refractivity contribution in [1.82, 2.24) is 14.9 Å². The van der Waals surface area contributed by atoms with Gasteiger partial charge in [-0.25, -0.2) is 4.98 Å². The van der Waals surface area contributed by atoms with E-state index in [9.17, 15) is 4.79 Å². The Balaban J connectivity index is 2.35. The lowest BCUT2D eigenvalue weighted by Gasteiger charge is -2.31. The maximum atomic E-state index is 12.2. The van der Waals surface area contributed by atoms with Crippen LogP contribution >= 0.6 is 0 Å². The number of H-pyrrole nitrogens is 1.